The molecule has 2 aromatic carbocycles. The SMILES string of the molecule is O=C(COc1ccc(Cl)c(F)c1)NC1C=C(NC(=O)C2CC(O)c3ccc(C(F)(F)F)cc3O2)C1. The molecule has 0 radical (unpaired) electrons. The predicted octanol–water partition coefficient (Wildman–Crippen LogP) is 3.65. The summed E-state index contributed by atoms with van der Waals surface area (Å²) in [4.78, 5) is 24.5. The van der Waals surface area contributed by atoms with E-state index < -0.39 is 41.6 Å². The molecule has 0 bridgehead atoms. The minimum atomic E-state index is -4.59. The second kappa shape index (κ2) is 9.74. The highest BCUT2D eigenvalue weighted by molar-refractivity contribution is 6.30. The van der Waals surface area contributed by atoms with Crippen molar-refractivity contribution in [3.63, 3.8) is 0 Å². The fourth-order valence-corrected chi connectivity index (χ4v) is 3.73. The maximum absolute atomic E-state index is 13.4. The van der Waals surface area contributed by atoms with Crippen LogP contribution in [0, 0.1) is 5.82 Å². The molecule has 2 amide bonds. The van der Waals surface area contributed by atoms with Gasteiger partial charge in [-0.1, -0.05) is 17.7 Å². The fraction of sp³-hybridized carbons (Fsp3) is 0.304. The van der Waals surface area contributed by atoms with Crippen molar-refractivity contribution in [3.05, 3.63) is 70.1 Å². The lowest BCUT2D eigenvalue weighted by atomic mass is 9.96. The molecule has 1 aliphatic carbocycles. The molecule has 3 unspecified atom stereocenters. The first kappa shape index (κ1) is 24.8. The fourth-order valence-electron chi connectivity index (χ4n) is 3.61. The molecule has 0 spiro atoms. The van der Waals surface area contributed by atoms with Gasteiger partial charge in [0.25, 0.3) is 11.8 Å². The second-order valence-electron chi connectivity index (χ2n) is 8.03. The third-order valence-electron chi connectivity index (χ3n) is 5.43. The summed E-state index contributed by atoms with van der Waals surface area (Å²) in [6, 6.07) is 6.13. The lowest BCUT2D eigenvalue weighted by molar-refractivity contribution is -0.137. The quantitative estimate of drug-likeness (QED) is 0.511. The van der Waals surface area contributed by atoms with Crippen molar-refractivity contribution < 1.29 is 41.7 Å². The average Bonchev–Trinajstić information content (AvgIpc) is 2.77. The molecule has 0 saturated heterocycles. The molecule has 0 fully saturated rings. The molecule has 2 aliphatic rings. The molecular weight excluding hydrogens is 496 g/mol. The third-order valence-corrected chi connectivity index (χ3v) is 5.74. The lowest BCUT2D eigenvalue weighted by Crippen LogP contribution is -2.47. The zero-order chi connectivity index (χ0) is 25.3. The number of rotatable bonds is 6. The topological polar surface area (TPSA) is 96.9 Å². The van der Waals surface area contributed by atoms with Crippen molar-refractivity contribution in [2.75, 3.05) is 6.61 Å². The largest absolute Gasteiger partial charge is 0.484 e. The van der Waals surface area contributed by atoms with Gasteiger partial charge < -0.3 is 25.2 Å². The van der Waals surface area contributed by atoms with E-state index in [9.17, 15) is 32.3 Å². The Labute approximate surface area is 201 Å². The molecule has 3 N–H and O–H groups in total. The van der Waals surface area contributed by atoms with E-state index in [-0.39, 0.29) is 47.6 Å². The number of ether oxygens (including phenoxy) is 2. The van der Waals surface area contributed by atoms with Gasteiger partial charge in [0.05, 0.1) is 22.7 Å². The maximum Gasteiger partial charge on any atom is 0.416 e. The molecule has 12 heteroatoms. The monoisotopic (exact) mass is 514 g/mol. The number of aliphatic hydroxyl groups excluding tert-OH is 1. The molecule has 2 aromatic rings. The summed E-state index contributed by atoms with van der Waals surface area (Å²) in [5, 5.41) is 15.4. The van der Waals surface area contributed by atoms with Crippen molar-refractivity contribution in [1.29, 1.82) is 0 Å². The first-order chi connectivity index (χ1) is 16.5. The molecule has 186 valence electrons. The van der Waals surface area contributed by atoms with Crippen LogP contribution in [-0.2, 0) is 15.8 Å². The van der Waals surface area contributed by atoms with Crippen LogP contribution in [0.4, 0.5) is 17.6 Å². The second-order valence-corrected chi connectivity index (χ2v) is 8.44. The number of nitrogens with one attached hydrogen (secondary N) is 2. The zero-order valence-corrected chi connectivity index (χ0v) is 18.6. The van der Waals surface area contributed by atoms with Crippen LogP contribution in [-0.4, -0.2) is 35.7 Å². The van der Waals surface area contributed by atoms with Gasteiger partial charge >= 0.3 is 6.18 Å². The number of fused-ring (bicyclic) bond motifs is 1. The van der Waals surface area contributed by atoms with E-state index in [1.54, 1.807) is 6.08 Å². The van der Waals surface area contributed by atoms with Gasteiger partial charge in [-0.3, -0.25) is 9.59 Å². The Morgan fingerprint density at radius 1 is 1.20 bits per heavy atom. The van der Waals surface area contributed by atoms with Crippen LogP contribution in [0.3, 0.4) is 0 Å². The Morgan fingerprint density at radius 2 is 1.94 bits per heavy atom. The van der Waals surface area contributed by atoms with E-state index in [4.69, 9.17) is 21.1 Å². The highest BCUT2D eigenvalue weighted by Gasteiger charge is 2.36. The van der Waals surface area contributed by atoms with Gasteiger partial charge in [-0.15, -0.1) is 0 Å². The Hall–Kier alpha value is -3.31. The number of carbonyl (C=O) groups is 2. The standard InChI is InChI=1S/C23H19ClF4N2O5/c24-16-4-2-14(8-17(16)25)34-10-21(32)29-12-6-13(7-12)30-22(33)20-9-18(31)15-3-1-11(23(26,27)28)5-19(15)35-20/h1-6,8,12,18,20,31H,7,9-10H2,(H,29,32)(H,30,33). The van der Waals surface area contributed by atoms with Crippen LogP contribution in [0.15, 0.2) is 48.2 Å². The van der Waals surface area contributed by atoms with Crippen molar-refractivity contribution in [3.8, 4) is 11.5 Å². The maximum atomic E-state index is 13.4. The predicted molar refractivity (Wildman–Crippen MR) is 115 cm³/mol. The van der Waals surface area contributed by atoms with Gasteiger partial charge in [-0.25, -0.2) is 4.39 Å². The molecule has 1 heterocycles. The molecule has 0 saturated carbocycles. The van der Waals surface area contributed by atoms with Crippen molar-refractivity contribution in [2.45, 2.75) is 37.3 Å². The Kier molecular flexibility index (Phi) is 6.91. The molecule has 35 heavy (non-hydrogen) atoms. The number of halogens is 5. The summed E-state index contributed by atoms with van der Waals surface area (Å²) in [6.07, 6.45) is -5.20. The van der Waals surface area contributed by atoms with Gasteiger partial charge in [-0.2, -0.15) is 13.2 Å². The lowest BCUT2D eigenvalue weighted by Gasteiger charge is -2.31. The van der Waals surface area contributed by atoms with E-state index in [1.807, 2.05) is 0 Å². The summed E-state index contributed by atoms with van der Waals surface area (Å²) in [5.74, 6) is -1.84. The highest BCUT2D eigenvalue weighted by atomic mass is 35.5. The normalized spacial score (nSPS) is 21.1. The number of aliphatic hydroxyl groups is 1. The number of carbonyl (C=O) groups excluding carboxylic acids is 2. The Morgan fingerprint density at radius 3 is 2.63 bits per heavy atom. The zero-order valence-electron chi connectivity index (χ0n) is 17.9. The summed E-state index contributed by atoms with van der Waals surface area (Å²) in [7, 11) is 0. The van der Waals surface area contributed by atoms with Gasteiger partial charge in [0.15, 0.2) is 12.7 Å². The smallest absolute Gasteiger partial charge is 0.416 e. The Bertz CT molecular complexity index is 1190. The number of benzene rings is 2. The molecular formula is C23H19ClF4N2O5. The van der Waals surface area contributed by atoms with Crippen molar-refractivity contribution in [2.24, 2.45) is 0 Å². The van der Waals surface area contributed by atoms with Gasteiger partial charge in [0.1, 0.15) is 17.3 Å². The van der Waals surface area contributed by atoms with E-state index in [0.29, 0.717) is 5.70 Å². The van der Waals surface area contributed by atoms with Crippen molar-refractivity contribution in [1.82, 2.24) is 10.6 Å². The molecule has 4 rings (SSSR count). The first-order valence-corrected chi connectivity index (χ1v) is 10.8. The number of hydrogen-bond acceptors (Lipinski definition) is 5. The number of amides is 2. The van der Waals surface area contributed by atoms with Crippen LogP contribution < -0.4 is 20.1 Å². The first-order valence-electron chi connectivity index (χ1n) is 10.4. The van der Waals surface area contributed by atoms with Gasteiger partial charge in [0.2, 0.25) is 0 Å². The molecule has 7 nitrogen and oxygen atoms in total. The van der Waals surface area contributed by atoms with Crippen LogP contribution in [0.1, 0.15) is 30.1 Å². The summed E-state index contributed by atoms with van der Waals surface area (Å²) in [6.45, 7) is -0.361. The van der Waals surface area contributed by atoms with Gasteiger partial charge in [0, 0.05) is 30.2 Å². The van der Waals surface area contributed by atoms with E-state index in [1.165, 1.54) is 12.1 Å². The minimum absolute atomic E-state index is 0.0700. The molecule has 3 atom stereocenters. The average molecular weight is 515 g/mol. The van der Waals surface area contributed by atoms with E-state index in [2.05, 4.69) is 10.6 Å². The summed E-state index contributed by atoms with van der Waals surface area (Å²) >= 11 is 5.58. The van der Waals surface area contributed by atoms with E-state index in [0.717, 1.165) is 24.3 Å². The van der Waals surface area contributed by atoms with Crippen LogP contribution in [0.2, 0.25) is 5.02 Å². The Balaban J connectivity index is 1.27. The summed E-state index contributed by atoms with van der Waals surface area (Å²) in [5.41, 5.74) is -0.292. The van der Waals surface area contributed by atoms with Gasteiger partial charge in [-0.05, 0) is 30.3 Å². The van der Waals surface area contributed by atoms with Crippen LogP contribution >= 0.6 is 11.6 Å². The molecule has 0 aromatic heterocycles. The highest BCUT2D eigenvalue weighted by Crippen LogP contribution is 2.39. The summed E-state index contributed by atoms with van der Waals surface area (Å²) < 4.78 is 62.9. The van der Waals surface area contributed by atoms with Crippen molar-refractivity contribution >= 4 is 23.4 Å². The third kappa shape index (κ3) is 5.85. The number of alkyl halides is 3. The van der Waals surface area contributed by atoms with Crippen LogP contribution in [0.5, 0.6) is 11.5 Å². The molecule has 1 aliphatic heterocycles. The van der Waals surface area contributed by atoms with E-state index >= 15 is 0 Å². The van der Waals surface area contributed by atoms with Crippen LogP contribution in [0.25, 0.3) is 0 Å². The number of hydrogen-bond donors (Lipinski definition) is 3. The minimum Gasteiger partial charge on any atom is -0.484 e.